The van der Waals surface area contributed by atoms with E-state index in [-0.39, 0.29) is 15.1 Å². The van der Waals surface area contributed by atoms with Crippen LogP contribution < -0.4 is 0 Å². The Morgan fingerprint density at radius 2 is 1.93 bits per heavy atom. The summed E-state index contributed by atoms with van der Waals surface area (Å²) >= 11 is 8.55. The Morgan fingerprint density at radius 1 is 1.40 bits per heavy atom. The maximum absolute atomic E-state index is 12.4. The Morgan fingerprint density at radius 3 is 2.33 bits per heavy atom. The number of carbonyl (C=O) groups is 1. The van der Waals surface area contributed by atoms with Gasteiger partial charge in [-0.3, -0.25) is 4.79 Å². The van der Waals surface area contributed by atoms with E-state index < -0.39 is 17.5 Å². The molecule has 0 saturated heterocycles. The molecular formula is C9H5BrClF3O. The van der Waals surface area contributed by atoms with E-state index in [0.29, 0.717) is 0 Å². The molecule has 1 aromatic carbocycles. The van der Waals surface area contributed by atoms with Crippen molar-refractivity contribution in [2.45, 2.75) is 13.1 Å². The van der Waals surface area contributed by atoms with Crippen LogP contribution in [0.2, 0.25) is 5.02 Å². The zero-order valence-electron chi connectivity index (χ0n) is 7.45. The molecule has 0 spiro atoms. The number of hydrogen-bond acceptors (Lipinski definition) is 1. The number of carbonyl (C=O) groups excluding carboxylic acids is 1. The first kappa shape index (κ1) is 12.5. The van der Waals surface area contributed by atoms with Crippen LogP contribution in [0.5, 0.6) is 0 Å². The normalized spacial score (nSPS) is 11.6. The molecule has 0 aliphatic heterocycles. The molecule has 1 nitrogen and oxygen atoms in total. The number of hydrogen-bond donors (Lipinski definition) is 0. The molecule has 0 fully saturated rings. The highest BCUT2D eigenvalue weighted by Crippen LogP contribution is 2.36. The molecular weight excluding hydrogens is 296 g/mol. The molecule has 0 aliphatic rings. The average molecular weight is 301 g/mol. The smallest absolute Gasteiger partial charge is 0.294 e. The number of Topliss-reactive ketones (excluding diaryl/α,β-unsaturated/α-hetero) is 1. The summed E-state index contributed by atoms with van der Waals surface area (Å²) in [5, 5.41) is -0.00417. The third kappa shape index (κ3) is 2.72. The second-order valence-corrected chi connectivity index (χ2v) is 4.11. The van der Waals surface area contributed by atoms with E-state index in [1.165, 1.54) is 0 Å². The summed E-state index contributed by atoms with van der Waals surface area (Å²) < 4.78 is 37.2. The Kier molecular flexibility index (Phi) is 3.45. The lowest BCUT2D eigenvalue weighted by atomic mass is 10.1. The van der Waals surface area contributed by atoms with Crippen molar-refractivity contribution >= 4 is 33.3 Å². The van der Waals surface area contributed by atoms with Gasteiger partial charge in [-0.2, -0.15) is 13.2 Å². The fourth-order valence-electron chi connectivity index (χ4n) is 1.01. The van der Waals surface area contributed by atoms with E-state index >= 15 is 0 Å². The SMILES string of the molecule is CC(=O)c1cc(C(F)(F)F)cc(Br)c1Cl. The fraction of sp³-hybridized carbons (Fsp3) is 0.222. The molecule has 15 heavy (non-hydrogen) atoms. The lowest BCUT2D eigenvalue weighted by molar-refractivity contribution is -0.137. The van der Waals surface area contributed by atoms with Crippen molar-refractivity contribution in [2.75, 3.05) is 0 Å². The quantitative estimate of drug-likeness (QED) is 0.706. The molecule has 0 bridgehead atoms. The van der Waals surface area contributed by atoms with E-state index in [0.717, 1.165) is 19.1 Å². The van der Waals surface area contributed by atoms with Crippen molar-refractivity contribution in [1.29, 1.82) is 0 Å². The van der Waals surface area contributed by atoms with Crippen LogP contribution in [-0.4, -0.2) is 5.78 Å². The van der Waals surface area contributed by atoms with Gasteiger partial charge >= 0.3 is 6.18 Å². The fourth-order valence-corrected chi connectivity index (χ4v) is 1.71. The van der Waals surface area contributed by atoms with Crippen molar-refractivity contribution in [1.82, 2.24) is 0 Å². The van der Waals surface area contributed by atoms with Crippen LogP contribution in [0.25, 0.3) is 0 Å². The van der Waals surface area contributed by atoms with E-state index in [1.54, 1.807) is 0 Å². The minimum atomic E-state index is -4.49. The van der Waals surface area contributed by atoms with Gasteiger partial charge in [0.25, 0.3) is 0 Å². The summed E-state index contributed by atoms with van der Waals surface area (Å²) in [6.07, 6.45) is -4.49. The maximum atomic E-state index is 12.4. The van der Waals surface area contributed by atoms with E-state index in [4.69, 9.17) is 11.6 Å². The number of benzene rings is 1. The van der Waals surface area contributed by atoms with Gasteiger partial charge in [-0.1, -0.05) is 11.6 Å². The predicted octanol–water partition coefficient (Wildman–Crippen LogP) is 4.32. The Hall–Kier alpha value is -0.550. The van der Waals surface area contributed by atoms with Crippen LogP contribution in [0.15, 0.2) is 16.6 Å². The van der Waals surface area contributed by atoms with Crippen LogP contribution in [-0.2, 0) is 6.18 Å². The van der Waals surface area contributed by atoms with Gasteiger partial charge < -0.3 is 0 Å². The van der Waals surface area contributed by atoms with Crippen LogP contribution in [0, 0.1) is 0 Å². The minimum absolute atomic E-state index is 0.00417. The van der Waals surface area contributed by atoms with Gasteiger partial charge in [0.2, 0.25) is 0 Å². The number of halogens is 5. The summed E-state index contributed by atoms with van der Waals surface area (Å²) in [5.41, 5.74) is -1.04. The van der Waals surface area contributed by atoms with Crippen molar-refractivity contribution < 1.29 is 18.0 Å². The standard InChI is InChI=1S/C9H5BrClF3O/c1-4(15)6-2-5(9(12,13)14)3-7(10)8(6)11/h2-3H,1H3. The molecule has 1 aromatic rings. The van der Waals surface area contributed by atoms with Crippen molar-refractivity contribution in [3.8, 4) is 0 Å². The van der Waals surface area contributed by atoms with E-state index in [9.17, 15) is 18.0 Å². The molecule has 0 heterocycles. The highest BCUT2D eigenvalue weighted by molar-refractivity contribution is 9.10. The van der Waals surface area contributed by atoms with Gasteiger partial charge in [-0.15, -0.1) is 0 Å². The second-order valence-electron chi connectivity index (χ2n) is 2.87. The maximum Gasteiger partial charge on any atom is 0.416 e. The van der Waals surface area contributed by atoms with Gasteiger partial charge in [0.15, 0.2) is 5.78 Å². The van der Waals surface area contributed by atoms with Crippen LogP contribution in [0.1, 0.15) is 22.8 Å². The van der Waals surface area contributed by atoms with Crippen molar-refractivity contribution in [3.63, 3.8) is 0 Å². The molecule has 1 rings (SSSR count). The molecule has 0 saturated carbocycles. The molecule has 82 valence electrons. The molecule has 0 radical (unpaired) electrons. The van der Waals surface area contributed by atoms with Gasteiger partial charge in [-0.25, -0.2) is 0 Å². The third-order valence-corrected chi connectivity index (χ3v) is 3.00. The third-order valence-electron chi connectivity index (χ3n) is 1.73. The van der Waals surface area contributed by atoms with E-state index in [2.05, 4.69) is 15.9 Å². The molecule has 6 heteroatoms. The minimum Gasteiger partial charge on any atom is -0.294 e. The predicted molar refractivity (Wildman–Crippen MR) is 54.2 cm³/mol. The lowest BCUT2D eigenvalue weighted by Crippen LogP contribution is -2.07. The Bertz CT molecular complexity index is 415. The number of alkyl halides is 3. The number of rotatable bonds is 1. The molecule has 0 aromatic heterocycles. The molecule has 0 amide bonds. The monoisotopic (exact) mass is 300 g/mol. The first-order valence-corrected chi connectivity index (χ1v) is 4.97. The summed E-state index contributed by atoms with van der Waals surface area (Å²) in [6.45, 7) is 1.16. The second kappa shape index (κ2) is 4.14. The average Bonchev–Trinajstić information content (AvgIpc) is 2.06. The Labute approximate surface area is 97.4 Å². The topological polar surface area (TPSA) is 17.1 Å². The first-order valence-electron chi connectivity index (χ1n) is 3.80. The Balaban J connectivity index is 3.43. The molecule has 0 N–H and O–H groups in total. The van der Waals surface area contributed by atoms with Gasteiger partial charge in [0.05, 0.1) is 10.6 Å². The molecule has 0 unspecified atom stereocenters. The summed E-state index contributed by atoms with van der Waals surface area (Å²) in [6, 6.07) is 1.59. The zero-order valence-corrected chi connectivity index (χ0v) is 9.79. The van der Waals surface area contributed by atoms with Crippen LogP contribution in [0.4, 0.5) is 13.2 Å². The first-order chi connectivity index (χ1) is 6.73. The van der Waals surface area contributed by atoms with Crippen molar-refractivity contribution in [3.05, 3.63) is 32.8 Å². The molecule has 0 aliphatic carbocycles. The molecule has 0 atom stereocenters. The lowest BCUT2D eigenvalue weighted by Gasteiger charge is -2.10. The zero-order chi connectivity index (χ0) is 11.8. The highest BCUT2D eigenvalue weighted by Gasteiger charge is 2.32. The van der Waals surface area contributed by atoms with Gasteiger partial charge in [0, 0.05) is 10.0 Å². The highest BCUT2D eigenvalue weighted by atomic mass is 79.9. The summed E-state index contributed by atoms with van der Waals surface area (Å²) in [7, 11) is 0. The van der Waals surface area contributed by atoms with Crippen LogP contribution in [0.3, 0.4) is 0 Å². The number of ketones is 1. The summed E-state index contributed by atoms with van der Waals surface area (Å²) in [4.78, 5) is 11.0. The summed E-state index contributed by atoms with van der Waals surface area (Å²) in [5.74, 6) is -0.508. The van der Waals surface area contributed by atoms with Crippen LogP contribution >= 0.6 is 27.5 Å². The van der Waals surface area contributed by atoms with Gasteiger partial charge in [-0.05, 0) is 35.0 Å². The van der Waals surface area contributed by atoms with E-state index in [1.807, 2.05) is 0 Å². The largest absolute Gasteiger partial charge is 0.416 e. The van der Waals surface area contributed by atoms with Crippen molar-refractivity contribution in [2.24, 2.45) is 0 Å². The van der Waals surface area contributed by atoms with Gasteiger partial charge in [0.1, 0.15) is 0 Å².